The van der Waals surface area contributed by atoms with E-state index in [-0.39, 0.29) is 5.41 Å². The van der Waals surface area contributed by atoms with Crippen molar-refractivity contribution in [3.8, 4) is 0 Å². The van der Waals surface area contributed by atoms with Crippen molar-refractivity contribution in [3.05, 3.63) is 111 Å². The lowest BCUT2D eigenvalue weighted by Gasteiger charge is -2.43. The second-order valence-electron chi connectivity index (χ2n) is 15.8. The molecule has 0 N–H and O–H groups in total. The molecule has 3 unspecified atom stereocenters. The van der Waals surface area contributed by atoms with Crippen LogP contribution in [0, 0.1) is 0 Å². The molecule has 9 aromatic carbocycles. The monoisotopic (exact) mass is 554 g/mol. The Labute approximate surface area is 253 Å². The van der Waals surface area contributed by atoms with Gasteiger partial charge in [-0.2, -0.15) is 0 Å². The van der Waals surface area contributed by atoms with Gasteiger partial charge in [-0.05, 0) is 188 Å². The first-order valence-electron chi connectivity index (χ1n) is 17.1. The van der Waals surface area contributed by atoms with Gasteiger partial charge in [-0.15, -0.1) is 0 Å². The van der Waals surface area contributed by atoms with E-state index in [4.69, 9.17) is 0 Å². The fourth-order valence-electron chi connectivity index (χ4n) is 13.3. The molecular formula is C44H26. The fraction of sp³-hybridized carbons (Fsp3) is 0.227. The van der Waals surface area contributed by atoms with E-state index in [0.717, 1.165) is 12.8 Å². The minimum absolute atomic E-state index is 0.228. The quantitative estimate of drug-likeness (QED) is 0.164. The van der Waals surface area contributed by atoms with E-state index in [1.54, 1.807) is 126 Å². The van der Waals surface area contributed by atoms with Gasteiger partial charge in [0.2, 0.25) is 0 Å². The number of rotatable bonds is 0. The predicted molar refractivity (Wildman–Crippen MR) is 183 cm³/mol. The van der Waals surface area contributed by atoms with Crippen molar-refractivity contribution in [3.63, 3.8) is 0 Å². The summed E-state index contributed by atoms with van der Waals surface area (Å²) < 4.78 is 0. The summed E-state index contributed by atoms with van der Waals surface area (Å²) in [7, 11) is 0. The van der Waals surface area contributed by atoms with Gasteiger partial charge in [-0.3, -0.25) is 0 Å². The molecule has 1 saturated carbocycles. The Balaban J connectivity index is 1.29. The Bertz CT molecular complexity index is 2960. The lowest BCUT2D eigenvalue weighted by molar-refractivity contribution is 0.374. The van der Waals surface area contributed by atoms with Gasteiger partial charge in [-0.25, -0.2) is 0 Å². The minimum atomic E-state index is 0.228. The topological polar surface area (TPSA) is 0 Å². The summed E-state index contributed by atoms with van der Waals surface area (Å²) in [5.74, 6) is 1.36. The highest BCUT2D eigenvalue weighted by Gasteiger charge is 2.57. The van der Waals surface area contributed by atoms with Gasteiger partial charge in [0.25, 0.3) is 0 Å². The minimum Gasteiger partial charge on any atom is -0.0759 e. The molecule has 0 aromatic heterocycles. The summed E-state index contributed by atoms with van der Waals surface area (Å²) in [5, 5.41) is 22.8. The standard InChI is InChI=1S/C44H26/c1-2-4-27-26(3-1)24-15-28(27)44(16-24)17-25-13-22-10-9-20-11-19-7-5-18-6-8-21-12-23-14-29(44)37-36(25)40-33(22)32(20)39-31(19)30(18)38-34(21)35(23)41(37)43(40)42(38)39/h1-5,7-8,11,13-14,24,28H,6,9-10,12,15-17H2. The first-order chi connectivity index (χ1) is 21.8. The van der Waals surface area contributed by atoms with Crippen LogP contribution in [0.3, 0.4) is 0 Å². The Morgan fingerprint density at radius 3 is 2.25 bits per heavy atom. The highest BCUT2D eigenvalue weighted by Crippen LogP contribution is 2.70. The van der Waals surface area contributed by atoms with Crippen molar-refractivity contribution in [1.82, 2.24) is 0 Å². The van der Waals surface area contributed by atoms with Gasteiger partial charge in [-0.1, -0.05) is 60.7 Å². The third kappa shape index (κ3) is 1.71. The average molecular weight is 555 g/mol. The summed E-state index contributed by atoms with van der Waals surface area (Å²) in [6.45, 7) is 0. The van der Waals surface area contributed by atoms with Crippen molar-refractivity contribution >= 4 is 81.0 Å². The summed E-state index contributed by atoms with van der Waals surface area (Å²) in [6, 6.07) is 22.6. The predicted octanol–water partition coefficient (Wildman–Crippen LogP) is 10.6. The molecular weight excluding hydrogens is 528 g/mol. The van der Waals surface area contributed by atoms with Crippen LogP contribution in [0.4, 0.5) is 0 Å². The third-order valence-corrected chi connectivity index (χ3v) is 14.5. The maximum absolute atomic E-state index is 2.79. The van der Waals surface area contributed by atoms with Gasteiger partial charge in [0.05, 0.1) is 0 Å². The Kier molecular flexibility index (Phi) is 2.72. The number of fused-ring (bicyclic) bond motifs is 7. The van der Waals surface area contributed by atoms with Crippen LogP contribution < -0.4 is 0 Å². The van der Waals surface area contributed by atoms with Gasteiger partial charge in [0.15, 0.2) is 0 Å². The maximum atomic E-state index is 2.79. The second kappa shape index (κ2) is 5.84. The van der Waals surface area contributed by atoms with E-state index in [0.29, 0.717) is 11.8 Å². The average Bonchev–Trinajstić information content (AvgIpc) is 3.83. The fourth-order valence-corrected chi connectivity index (χ4v) is 13.3. The summed E-state index contributed by atoms with van der Waals surface area (Å²) in [4.78, 5) is 0. The van der Waals surface area contributed by atoms with E-state index in [1.165, 1.54) is 37.5 Å². The summed E-state index contributed by atoms with van der Waals surface area (Å²) in [6.07, 6.45) is 11.1. The van der Waals surface area contributed by atoms with Crippen molar-refractivity contribution < 1.29 is 0 Å². The van der Waals surface area contributed by atoms with Crippen LogP contribution in [0.5, 0.6) is 0 Å². The molecule has 2 bridgehead atoms. The van der Waals surface area contributed by atoms with E-state index in [2.05, 4.69) is 60.7 Å². The van der Waals surface area contributed by atoms with Crippen LogP contribution in [-0.4, -0.2) is 0 Å². The first kappa shape index (κ1) is 20.5. The molecule has 0 heterocycles. The van der Waals surface area contributed by atoms with E-state index in [1.807, 2.05) is 0 Å². The Hall–Kier alpha value is -4.42. The molecule has 6 aliphatic rings. The van der Waals surface area contributed by atoms with Crippen molar-refractivity contribution in [1.29, 1.82) is 0 Å². The molecule has 3 atom stereocenters. The van der Waals surface area contributed by atoms with Crippen LogP contribution in [-0.2, 0) is 37.5 Å². The van der Waals surface area contributed by atoms with Crippen LogP contribution in [0.2, 0.25) is 0 Å². The lowest BCUT2D eigenvalue weighted by Crippen LogP contribution is -2.36. The molecule has 1 spiro atoms. The molecule has 0 nitrogen and oxygen atoms in total. The van der Waals surface area contributed by atoms with E-state index < -0.39 is 0 Å². The van der Waals surface area contributed by atoms with Gasteiger partial charge in [0.1, 0.15) is 0 Å². The number of benzene rings is 7. The molecule has 0 saturated heterocycles. The van der Waals surface area contributed by atoms with Crippen LogP contribution in [0.15, 0.2) is 60.7 Å². The van der Waals surface area contributed by atoms with Crippen LogP contribution in [0.25, 0.3) is 81.0 Å². The smallest absolute Gasteiger partial charge is 0.00747 e. The number of hydrogen-bond acceptors (Lipinski definition) is 0. The number of aryl methyl sites for hydroxylation is 2. The highest BCUT2D eigenvalue weighted by atomic mass is 14.6. The van der Waals surface area contributed by atoms with E-state index in [9.17, 15) is 0 Å². The number of hydrogen-bond donors (Lipinski definition) is 0. The zero-order chi connectivity index (χ0) is 27.5. The molecule has 15 rings (SSSR count). The first-order valence-corrected chi connectivity index (χ1v) is 17.1. The zero-order valence-electron chi connectivity index (χ0n) is 24.4. The van der Waals surface area contributed by atoms with Crippen LogP contribution >= 0.6 is 0 Å². The van der Waals surface area contributed by atoms with Crippen molar-refractivity contribution in [2.45, 2.75) is 62.2 Å². The van der Waals surface area contributed by atoms with Gasteiger partial charge >= 0.3 is 0 Å². The molecule has 0 amide bonds. The molecule has 0 heteroatoms. The molecule has 202 valence electrons. The Morgan fingerprint density at radius 1 is 0.568 bits per heavy atom. The van der Waals surface area contributed by atoms with Gasteiger partial charge < -0.3 is 0 Å². The molecule has 0 aliphatic heterocycles. The summed E-state index contributed by atoms with van der Waals surface area (Å²) >= 11 is 0. The maximum Gasteiger partial charge on any atom is 0.00747 e. The molecule has 1 fully saturated rings. The SMILES string of the molecule is C1=C2Cc3cc4c5c6c(cc7c8c9c(cc%10ccc(c%11c%12c2c3c5c(c68)c%12c9c%10%11)C1)CC7)CC41CC2CC1c1ccccc12. The largest absolute Gasteiger partial charge is 0.0759 e. The van der Waals surface area contributed by atoms with Crippen molar-refractivity contribution in [2.24, 2.45) is 0 Å². The second-order valence-corrected chi connectivity index (χ2v) is 15.8. The molecule has 9 aromatic rings. The van der Waals surface area contributed by atoms with E-state index >= 15 is 0 Å². The third-order valence-electron chi connectivity index (χ3n) is 14.5. The van der Waals surface area contributed by atoms with Crippen molar-refractivity contribution in [2.75, 3.05) is 0 Å². The van der Waals surface area contributed by atoms with Gasteiger partial charge in [0, 0.05) is 5.41 Å². The molecule has 44 heavy (non-hydrogen) atoms. The number of allylic oxidation sites excluding steroid dienone is 2. The summed E-state index contributed by atoms with van der Waals surface area (Å²) in [5.41, 5.74) is 16.7. The Morgan fingerprint density at radius 2 is 1.32 bits per heavy atom. The highest BCUT2D eigenvalue weighted by molar-refractivity contribution is 6.55. The normalized spacial score (nSPS) is 25.3. The van der Waals surface area contributed by atoms with Crippen LogP contribution in [0.1, 0.15) is 74.7 Å². The molecule has 6 aliphatic carbocycles. The zero-order valence-corrected chi connectivity index (χ0v) is 24.4. The lowest BCUT2D eigenvalue weighted by atomic mass is 9.60. The molecule has 0 radical (unpaired) electrons.